The van der Waals surface area contributed by atoms with Crippen LogP contribution in [0.4, 0.5) is 0 Å². The van der Waals surface area contributed by atoms with Crippen LogP contribution in [-0.2, 0) is 17.4 Å². The van der Waals surface area contributed by atoms with E-state index in [1.807, 2.05) is 135 Å². The number of rotatable bonds is 10. The van der Waals surface area contributed by atoms with E-state index in [4.69, 9.17) is 34.9 Å². The molecule has 0 N–H and O–H groups in total. The number of amidine groups is 2. The van der Waals surface area contributed by atoms with Crippen molar-refractivity contribution in [2.45, 2.75) is 91.5 Å². The van der Waals surface area contributed by atoms with Gasteiger partial charge in [-0.05, 0) is 116 Å². The van der Waals surface area contributed by atoms with E-state index in [0.717, 1.165) is 89.7 Å². The number of aromatic nitrogens is 7. The molecular weight excluding hydrogens is 1140 g/mol. The Morgan fingerprint density at radius 2 is 0.957 bits per heavy atom. The summed E-state index contributed by atoms with van der Waals surface area (Å²) in [5.74, 6) is 6.39. The van der Waals surface area contributed by atoms with Gasteiger partial charge in [0.1, 0.15) is 11.6 Å². The second kappa shape index (κ2) is 26.5. The molecule has 3 aromatic heterocycles. The van der Waals surface area contributed by atoms with Crippen LogP contribution in [0.3, 0.4) is 0 Å². The van der Waals surface area contributed by atoms with Crippen LogP contribution in [0.1, 0.15) is 114 Å². The molecule has 10 heteroatoms. The molecular formula is C83H76N10. The molecule has 0 spiro atoms. The first-order valence-corrected chi connectivity index (χ1v) is 32.6. The van der Waals surface area contributed by atoms with Crippen molar-refractivity contribution in [3.05, 3.63) is 294 Å². The fourth-order valence-corrected chi connectivity index (χ4v) is 12.9. The molecule has 0 atom stereocenters. The molecule has 0 radical (unpaired) electrons. The van der Waals surface area contributed by atoms with Crippen LogP contribution in [0.25, 0.3) is 89.9 Å². The third-order valence-corrected chi connectivity index (χ3v) is 18.1. The smallest absolute Gasteiger partial charge is 0.164 e. The predicted molar refractivity (Wildman–Crippen MR) is 385 cm³/mol. The number of imidazole rings is 2. The van der Waals surface area contributed by atoms with Crippen molar-refractivity contribution in [2.75, 3.05) is 0 Å². The first kappa shape index (κ1) is 61.0. The normalized spacial score (nSPS) is 14.0. The average molecular weight is 1210 g/mol. The van der Waals surface area contributed by atoms with Gasteiger partial charge >= 0.3 is 0 Å². The lowest BCUT2D eigenvalue weighted by atomic mass is 9.84. The van der Waals surface area contributed by atoms with Crippen LogP contribution in [0.5, 0.6) is 0 Å². The molecule has 13 aromatic rings. The van der Waals surface area contributed by atoms with E-state index in [-0.39, 0.29) is 10.8 Å². The quantitative estimate of drug-likeness (QED) is 0.100. The van der Waals surface area contributed by atoms with Crippen molar-refractivity contribution in [3.63, 3.8) is 0 Å². The Labute approximate surface area is 546 Å². The maximum absolute atomic E-state index is 5.15. The Bertz CT molecular complexity index is 4820. The zero-order valence-corrected chi connectivity index (χ0v) is 54.0. The number of benzene rings is 10. The molecule has 3 aliphatic rings. The molecule has 5 heterocycles. The molecule has 10 aromatic carbocycles. The molecule has 0 bridgehead atoms. The minimum absolute atomic E-state index is 0.151. The molecule has 0 amide bonds. The maximum Gasteiger partial charge on any atom is 0.164 e. The Balaban J connectivity index is 0.000000152. The number of aliphatic imine (C=N–C) groups is 3. The summed E-state index contributed by atoms with van der Waals surface area (Å²) in [6.45, 7) is 19.6. The lowest BCUT2D eigenvalue weighted by molar-refractivity contribution is 0.307. The van der Waals surface area contributed by atoms with Gasteiger partial charge < -0.3 is 0 Å². The summed E-state index contributed by atoms with van der Waals surface area (Å²) in [4.78, 5) is 39.0. The topological polar surface area (TPSA) is 111 Å². The molecule has 93 heavy (non-hydrogen) atoms. The Kier molecular flexibility index (Phi) is 17.4. The summed E-state index contributed by atoms with van der Waals surface area (Å²) < 4.78 is 4.66. The molecule has 1 saturated carbocycles. The minimum atomic E-state index is -0.204. The van der Waals surface area contributed by atoms with Gasteiger partial charge in [-0.15, -0.1) is 0 Å². The zero-order chi connectivity index (χ0) is 64.1. The summed E-state index contributed by atoms with van der Waals surface area (Å²) in [5, 5.41) is 0. The summed E-state index contributed by atoms with van der Waals surface area (Å²) in [6.07, 6.45) is 5.94. The van der Waals surface area contributed by atoms with E-state index < -0.39 is 0 Å². The fraction of sp³-hybridized carbons (Fsp3) is 0.181. The summed E-state index contributed by atoms with van der Waals surface area (Å²) in [5.41, 5.74) is 19.2. The lowest BCUT2D eigenvalue weighted by Crippen LogP contribution is -2.16. The van der Waals surface area contributed by atoms with Gasteiger partial charge in [0.2, 0.25) is 0 Å². The maximum atomic E-state index is 5.15. The standard InChI is InChI=1S/C38H31N5.C37H27N5.C6H12.C2H6/c1-38(2)31-21-13-20-30(34(31)43-33-23-11-10-22-32(33)41-37(38)43)29-19-12-14-26(24-29)25-40-36(28-17-8-5-9-18-28)42-35(39-3)27-15-6-4-7-16-27;1-37(2)29-18-9-10-19-31(29)42-32-21-20-27(23-30(32)38-36(37)42)26-16-11-17-28(22-26)35-40-33(24-12-5-3-6-13-24)39-34(41-35)25-14-7-4-8-15-25;1-2-6-4-3-5-6;1-2/h4-24H,3,25H2,1-2H3;3-23H,1-2H3;6H,2-5H2,1H3;1-2H3. The van der Waals surface area contributed by atoms with E-state index in [0.29, 0.717) is 35.7 Å². The van der Waals surface area contributed by atoms with E-state index in [1.165, 1.54) is 53.7 Å². The predicted octanol–water partition coefficient (Wildman–Crippen LogP) is 20.2. The van der Waals surface area contributed by atoms with Crippen LogP contribution in [0.15, 0.2) is 270 Å². The minimum Gasteiger partial charge on any atom is -0.295 e. The SMILES string of the molecule is C=NC(=NC(=NCc1cccc(-c2cccc3c2-n2c(nc4ccccc42)C3(C)C)c1)c1ccccc1)c1ccccc1.CC.CC1(C)c2ccccc2-n2c1nc1cc(-c3cccc(-c4nc(-c5ccccc5)nc(-c5ccccc5)n4)c3)ccc12.CCC1CCC1. The summed E-state index contributed by atoms with van der Waals surface area (Å²) in [6, 6.07) is 87.3. The molecule has 10 nitrogen and oxygen atoms in total. The third-order valence-electron chi connectivity index (χ3n) is 18.1. The fourth-order valence-electron chi connectivity index (χ4n) is 12.9. The van der Waals surface area contributed by atoms with E-state index in [2.05, 4.69) is 189 Å². The molecule has 1 fully saturated rings. The summed E-state index contributed by atoms with van der Waals surface area (Å²) >= 11 is 0. The number of hydrogen-bond donors (Lipinski definition) is 0. The molecule has 0 saturated heterocycles. The summed E-state index contributed by atoms with van der Waals surface area (Å²) in [7, 11) is 0. The van der Waals surface area contributed by atoms with E-state index in [9.17, 15) is 0 Å². The highest BCUT2D eigenvalue weighted by molar-refractivity contribution is 6.12. The van der Waals surface area contributed by atoms with Gasteiger partial charge in [-0.1, -0.05) is 259 Å². The van der Waals surface area contributed by atoms with Crippen molar-refractivity contribution >= 4 is 40.5 Å². The molecule has 0 unspecified atom stereocenters. The Hall–Kier alpha value is -10.8. The molecule has 2 aliphatic heterocycles. The van der Waals surface area contributed by atoms with E-state index in [1.54, 1.807) is 0 Å². The van der Waals surface area contributed by atoms with Crippen molar-refractivity contribution in [3.8, 4) is 67.8 Å². The van der Waals surface area contributed by atoms with Crippen molar-refractivity contribution in [1.29, 1.82) is 0 Å². The van der Waals surface area contributed by atoms with Gasteiger partial charge in [0.25, 0.3) is 0 Å². The zero-order valence-electron chi connectivity index (χ0n) is 54.0. The second-order valence-corrected chi connectivity index (χ2v) is 24.7. The first-order chi connectivity index (χ1) is 45.5. The number of fused-ring (bicyclic) bond motifs is 10. The highest BCUT2D eigenvalue weighted by Crippen LogP contribution is 2.49. The van der Waals surface area contributed by atoms with Crippen molar-refractivity contribution < 1.29 is 0 Å². The number of nitrogens with zero attached hydrogens (tertiary/aromatic N) is 10. The van der Waals surface area contributed by atoms with Gasteiger partial charge in [0, 0.05) is 33.4 Å². The van der Waals surface area contributed by atoms with Crippen molar-refractivity contribution in [2.24, 2.45) is 20.9 Å². The number of hydrogen-bond acceptors (Lipinski definition) is 6. The van der Waals surface area contributed by atoms with Crippen molar-refractivity contribution in [1.82, 2.24) is 34.1 Å². The highest BCUT2D eigenvalue weighted by atomic mass is 15.1. The highest BCUT2D eigenvalue weighted by Gasteiger charge is 2.41. The van der Waals surface area contributed by atoms with Gasteiger partial charge in [-0.2, -0.15) is 0 Å². The largest absolute Gasteiger partial charge is 0.295 e. The first-order valence-electron chi connectivity index (χ1n) is 32.6. The van der Waals surface area contributed by atoms with Crippen LogP contribution in [-0.4, -0.2) is 52.4 Å². The Morgan fingerprint density at radius 3 is 1.60 bits per heavy atom. The van der Waals surface area contributed by atoms with Gasteiger partial charge in [0.05, 0.1) is 50.8 Å². The van der Waals surface area contributed by atoms with Gasteiger partial charge in [-0.3, -0.25) is 14.1 Å². The second-order valence-electron chi connectivity index (χ2n) is 24.7. The van der Waals surface area contributed by atoms with Crippen LogP contribution in [0, 0.1) is 5.92 Å². The van der Waals surface area contributed by atoms with Crippen LogP contribution >= 0.6 is 0 Å². The Morgan fingerprint density at radius 1 is 0.452 bits per heavy atom. The van der Waals surface area contributed by atoms with E-state index >= 15 is 0 Å². The average Bonchev–Trinajstić information content (AvgIpc) is 1.56. The number of para-hydroxylation sites is 4. The molecule has 16 rings (SSSR count). The third kappa shape index (κ3) is 12.1. The van der Waals surface area contributed by atoms with Crippen LogP contribution < -0.4 is 0 Å². The lowest BCUT2D eigenvalue weighted by Gasteiger charge is -2.22. The molecule has 458 valence electrons. The van der Waals surface area contributed by atoms with Gasteiger partial charge in [-0.25, -0.2) is 34.9 Å². The monoisotopic (exact) mass is 1210 g/mol. The van der Waals surface area contributed by atoms with Gasteiger partial charge in [0.15, 0.2) is 29.1 Å². The van der Waals surface area contributed by atoms with Crippen LogP contribution in [0.2, 0.25) is 0 Å². The molecule has 1 aliphatic carbocycles.